The largest absolute Gasteiger partial charge is 0.396 e. The van der Waals surface area contributed by atoms with E-state index in [0.29, 0.717) is 22.3 Å². The van der Waals surface area contributed by atoms with E-state index < -0.39 is 10.8 Å². The highest BCUT2D eigenvalue weighted by atomic mass is 32.2. The van der Waals surface area contributed by atoms with Gasteiger partial charge in [-0.25, -0.2) is 0 Å². The van der Waals surface area contributed by atoms with Crippen molar-refractivity contribution >= 4 is 16.5 Å². The molecule has 2 rings (SSSR count). The maximum Gasteiger partial charge on any atom is 0.0664 e. The van der Waals surface area contributed by atoms with Gasteiger partial charge in [-0.3, -0.25) is 9.19 Å². The summed E-state index contributed by atoms with van der Waals surface area (Å²) in [5, 5.41) is 0. The Labute approximate surface area is 116 Å². The number of nitrogens with zero attached hydrogens (tertiary/aromatic N) is 1. The summed E-state index contributed by atoms with van der Waals surface area (Å²) >= 11 is 0. The number of aromatic nitrogens is 1. The van der Waals surface area contributed by atoms with Crippen LogP contribution in [-0.2, 0) is 16.6 Å². The first-order valence-electron chi connectivity index (χ1n) is 6.24. The van der Waals surface area contributed by atoms with Gasteiger partial charge in [-0.05, 0) is 23.1 Å². The van der Waals surface area contributed by atoms with Crippen LogP contribution in [0.3, 0.4) is 0 Å². The van der Waals surface area contributed by atoms with Crippen molar-refractivity contribution in [1.82, 2.24) is 4.98 Å². The normalized spacial score (nSPS) is 12.6. The molecule has 1 aromatic heterocycles. The van der Waals surface area contributed by atoms with Crippen molar-refractivity contribution in [2.75, 3.05) is 5.73 Å². The average molecular weight is 274 g/mol. The van der Waals surface area contributed by atoms with Gasteiger partial charge >= 0.3 is 0 Å². The van der Waals surface area contributed by atoms with Gasteiger partial charge in [0, 0.05) is 6.20 Å². The molecule has 2 N–H and O–H groups in total. The van der Waals surface area contributed by atoms with Gasteiger partial charge in [-0.15, -0.1) is 0 Å². The van der Waals surface area contributed by atoms with E-state index in [0.717, 1.165) is 5.56 Å². The lowest BCUT2D eigenvalue weighted by Crippen LogP contribution is -2.01. The Morgan fingerprint density at radius 1 is 1.21 bits per heavy atom. The minimum atomic E-state index is -1.13. The minimum Gasteiger partial charge on any atom is -0.396 e. The SMILES string of the molecule is CC(C)c1ccc(CS(=O)c2ccncc2N)cc1. The quantitative estimate of drug-likeness (QED) is 0.932. The number of nitrogen functional groups attached to an aromatic ring is 1. The first-order valence-corrected chi connectivity index (χ1v) is 7.56. The topological polar surface area (TPSA) is 56.0 Å². The summed E-state index contributed by atoms with van der Waals surface area (Å²) < 4.78 is 12.3. The van der Waals surface area contributed by atoms with E-state index >= 15 is 0 Å². The highest BCUT2D eigenvalue weighted by molar-refractivity contribution is 7.84. The fourth-order valence-electron chi connectivity index (χ4n) is 1.83. The Balaban J connectivity index is 2.13. The molecule has 100 valence electrons. The third-order valence-electron chi connectivity index (χ3n) is 3.00. The summed E-state index contributed by atoms with van der Waals surface area (Å²) in [6.45, 7) is 4.32. The zero-order valence-electron chi connectivity index (χ0n) is 11.2. The van der Waals surface area contributed by atoms with Crippen LogP contribution in [0.5, 0.6) is 0 Å². The number of nitrogens with two attached hydrogens (primary N) is 1. The van der Waals surface area contributed by atoms with Crippen molar-refractivity contribution in [2.45, 2.75) is 30.4 Å². The molecule has 19 heavy (non-hydrogen) atoms. The van der Waals surface area contributed by atoms with Crippen LogP contribution in [0.1, 0.15) is 30.9 Å². The first-order chi connectivity index (χ1) is 9.08. The highest BCUT2D eigenvalue weighted by Gasteiger charge is 2.09. The van der Waals surface area contributed by atoms with Gasteiger partial charge in [-0.1, -0.05) is 38.1 Å². The third kappa shape index (κ3) is 3.41. The first kappa shape index (κ1) is 13.7. The van der Waals surface area contributed by atoms with Crippen LogP contribution in [0.25, 0.3) is 0 Å². The van der Waals surface area contributed by atoms with Crippen LogP contribution >= 0.6 is 0 Å². The van der Waals surface area contributed by atoms with Crippen molar-refractivity contribution in [3.63, 3.8) is 0 Å². The molecule has 0 bridgehead atoms. The minimum absolute atomic E-state index is 0.479. The molecule has 0 spiro atoms. The summed E-state index contributed by atoms with van der Waals surface area (Å²) in [6.07, 6.45) is 3.15. The molecule has 2 aromatic rings. The summed E-state index contributed by atoms with van der Waals surface area (Å²) in [5.41, 5.74) is 8.61. The Kier molecular flexibility index (Phi) is 4.32. The number of anilines is 1. The molecule has 0 aliphatic heterocycles. The lowest BCUT2D eigenvalue weighted by molar-refractivity contribution is 0.683. The molecule has 0 fully saturated rings. The molecule has 0 amide bonds. The summed E-state index contributed by atoms with van der Waals surface area (Å²) in [7, 11) is -1.13. The molecule has 1 unspecified atom stereocenters. The van der Waals surface area contributed by atoms with E-state index in [4.69, 9.17) is 5.73 Å². The van der Waals surface area contributed by atoms with Crippen LogP contribution in [0, 0.1) is 0 Å². The van der Waals surface area contributed by atoms with Crippen molar-refractivity contribution in [2.24, 2.45) is 0 Å². The van der Waals surface area contributed by atoms with Gasteiger partial charge in [0.2, 0.25) is 0 Å². The molecule has 4 heteroatoms. The van der Waals surface area contributed by atoms with E-state index in [-0.39, 0.29) is 0 Å². The van der Waals surface area contributed by atoms with Gasteiger partial charge in [-0.2, -0.15) is 0 Å². The Hall–Kier alpha value is -1.68. The number of benzene rings is 1. The highest BCUT2D eigenvalue weighted by Crippen LogP contribution is 2.19. The Morgan fingerprint density at radius 2 is 1.89 bits per heavy atom. The van der Waals surface area contributed by atoms with Crippen LogP contribution in [0.15, 0.2) is 47.6 Å². The number of pyridine rings is 1. The van der Waals surface area contributed by atoms with E-state index in [1.807, 2.05) is 12.1 Å². The van der Waals surface area contributed by atoms with Gasteiger partial charge in [0.25, 0.3) is 0 Å². The second kappa shape index (κ2) is 5.97. The fourth-order valence-corrected chi connectivity index (χ4v) is 3.01. The number of rotatable bonds is 4. The number of hydrogen-bond acceptors (Lipinski definition) is 3. The zero-order valence-corrected chi connectivity index (χ0v) is 12.0. The monoisotopic (exact) mass is 274 g/mol. The Morgan fingerprint density at radius 3 is 2.47 bits per heavy atom. The smallest absolute Gasteiger partial charge is 0.0664 e. The second-order valence-electron chi connectivity index (χ2n) is 4.80. The van der Waals surface area contributed by atoms with Gasteiger partial charge in [0.15, 0.2) is 0 Å². The average Bonchev–Trinajstić information content (AvgIpc) is 2.39. The summed E-state index contributed by atoms with van der Waals surface area (Å²) in [4.78, 5) is 4.56. The van der Waals surface area contributed by atoms with Crippen molar-refractivity contribution in [3.05, 3.63) is 53.9 Å². The molecule has 0 aliphatic carbocycles. The molecular weight excluding hydrogens is 256 g/mol. The van der Waals surface area contributed by atoms with E-state index in [1.54, 1.807) is 12.3 Å². The maximum absolute atomic E-state index is 12.3. The summed E-state index contributed by atoms with van der Waals surface area (Å²) in [5.74, 6) is 0.988. The standard InChI is InChI=1S/C15H18N2OS/c1-11(2)13-5-3-12(4-6-13)10-19(18)15-7-8-17-9-14(15)16/h3-9,11H,10,16H2,1-2H3. The van der Waals surface area contributed by atoms with Gasteiger partial charge in [0.05, 0.1) is 33.3 Å². The molecule has 0 radical (unpaired) electrons. The maximum atomic E-state index is 12.3. The summed E-state index contributed by atoms with van der Waals surface area (Å²) in [6, 6.07) is 9.96. The predicted molar refractivity (Wildman–Crippen MR) is 79.3 cm³/mol. The molecule has 0 saturated carbocycles. The molecular formula is C15H18N2OS. The van der Waals surface area contributed by atoms with Crippen LogP contribution < -0.4 is 5.73 Å². The van der Waals surface area contributed by atoms with E-state index in [2.05, 4.69) is 31.0 Å². The van der Waals surface area contributed by atoms with Crippen molar-refractivity contribution in [1.29, 1.82) is 0 Å². The van der Waals surface area contributed by atoms with Crippen LogP contribution in [-0.4, -0.2) is 9.19 Å². The van der Waals surface area contributed by atoms with Crippen molar-refractivity contribution in [3.8, 4) is 0 Å². The molecule has 3 nitrogen and oxygen atoms in total. The second-order valence-corrected chi connectivity index (χ2v) is 6.22. The van der Waals surface area contributed by atoms with E-state index in [1.165, 1.54) is 11.8 Å². The van der Waals surface area contributed by atoms with Gasteiger partial charge in [0.1, 0.15) is 0 Å². The lowest BCUT2D eigenvalue weighted by atomic mass is 10.0. The van der Waals surface area contributed by atoms with Crippen molar-refractivity contribution < 1.29 is 4.21 Å². The zero-order chi connectivity index (χ0) is 13.8. The molecule has 1 aromatic carbocycles. The lowest BCUT2D eigenvalue weighted by Gasteiger charge is -2.08. The third-order valence-corrected chi connectivity index (χ3v) is 4.46. The van der Waals surface area contributed by atoms with E-state index in [9.17, 15) is 4.21 Å². The molecule has 0 saturated heterocycles. The molecule has 1 heterocycles. The van der Waals surface area contributed by atoms with Crippen LogP contribution in [0.2, 0.25) is 0 Å². The predicted octanol–water partition coefficient (Wildman–Crippen LogP) is 3.10. The fraction of sp³-hybridized carbons (Fsp3) is 0.267. The van der Waals surface area contributed by atoms with Crippen LogP contribution in [0.4, 0.5) is 5.69 Å². The molecule has 0 aliphatic rings. The molecule has 1 atom stereocenters. The Bertz CT molecular complexity index is 579. The number of hydrogen-bond donors (Lipinski definition) is 1. The van der Waals surface area contributed by atoms with Gasteiger partial charge < -0.3 is 5.73 Å².